The molecule has 0 radical (unpaired) electrons. The first-order valence-corrected chi connectivity index (χ1v) is 10.5. The number of aliphatic hydroxyl groups excluding tert-OH is 1. The summed E-state index contributed by atoms with van der Waals surface area (Å²) in [7, 11) is 0. The lowest BCUT2D eigenvalue weighted by Gasteiger charge is -2.15. The molecule has 2 N–H and O–H groups in total. The van der Waals surface area contributed by atoms with E-state index in [4.69, 9.17) is 9.84 Å². The second kappa shape index (κ2) is 8.67. The zero-order valence-corrected chi connectivity index (χ0v) is 16.8. The van der Waals surface area contributed by atoms with Crippen molar-refractivity contribution in [1.82, 2.24) is 4.98 Å². The van der Waals surface area contributed by atoms with Crippen LogP contribution in [0.3, 0.4) is 0 Å². The number of rotatable bonds is 5. The highest BCUT2D eigenvalue weighted by atomic mass is 32.2. The third kappa shape index (κ3) is 4.16. The van der Waals surface area contributed by atoms with Gasteiger partial charge in [0.1, 0.15) is 12.4 Å². The molecule has 3 aromatic rings. The molecule has 28 heavy (non-hydrogen) atoms. The highest BCUT2D eigenvalue weighted by Gasteiger charge is 2.10. The summed E-state index contributed by atoms with van der Waals surface area (Å²) in [5.74, 6) is 0.761. The Morgan fingerprint density at radius 1 is 1.21 bits per heavy atom. The molecule has 0 saturated heterocycles. The van der Waals surface area contributed by atoms with Crippen molar-refractivity contribution in [2.45, 2.75) is 31.1 Å². The standard InChI is InChI=1S/C23H24N2O2S/c1-16-13-19-20(8-9-24-21(19)15-22(16)27-11-10-26)25-18-6-7-23-17(14-18)5-3-2-4-12-28-23/h4,6-9,12-15,26H,2-3,5,10-11H2,1H3,(H,24,25)/b12-4+. The van der Waals surface area contributed by atoms with Gasteiger partial charge >= 0.3 is 0 Å². The summed E-state index contributed by atoms with van der Waals surface area (Å²) in [6.45, 7) is 2.30. The highest BCUT2D eigenvalue weighted by molar-refractivity contribution is 8.02. The van der Waals surface area contributed by atoms with Crippen molar-refractivity contribution in [2.24, 2.45) is 0 Å². The fraction of sp³-hybridized carbons (Fsp3) is 0.261. The summed E-state index contributed by atoms with van der Waals surface area (Å²) in [4.78, 5) is 5.83. The third-order valence-electron chi connectivity index (χ3n) is 4.83. The van der Waals surface area contributed by atoms with E-state index in [1.165, 1.54) is 16.9 Å². The van der Waals surface area contributed by atoms with Crippen molar-refractivity contribution in [3.63, 3.8) is 0 Å². The molecule has 0 saturated carbocycles. The average Bonchev–Trinajstić information content (AvgIpc) is 2.68. The van der Waals surface area contributed by atoms with Gasteiger partial charge in [-0.2, -0.15) is 0 Å². The van der Waals surface area contributed by atoms with E-state index in [1.807, 2.05) is 25.3 Å². The topological polar surface area (TPSA) is 54.4 Å². The van der Waals surface area contributed by atoms with Gasteiger partial charge in [-0.3, -0.25) is 4.98 Å². The minimum Gasteiger partial charge on any atom is -0.491 e. The van der Waals surface area contributed by atoms with Gasteiger partial charge in [-0.15, -0.1) is 0 Å². The number of benzene rings is 2. The maximum atomic E-state index is 9.00. The Labute approximate surface area is 169 Å². The van der Waals surface area contributed by atoms with Gasteiger partial charge in [0.15, 0.2) is 0 Å². The molecule has 0 fully saturated rings. The Kier molecular flexibility index (Phi) is 5.84. The van der Waals surface area contributed by atoms with E-state index in [2.05, 4.69) is 46.1 Å². The second-order valence-electron chi connectivity index (χ2n) is 6.89. The number of allylic oxidation sites excluding steroid dienone is 1. The lowest BCUT2D eigenvalue weighted by Crippen LogP contribution is -2.03. The maximum absolute atomic E-state index is 9.00. The molecule has 0 unspecified atom stereocenters. The van der Waals surface area contributed by atoms with E-state index < -0.39 is 0 Å². The lowest BCUT2D eigenvalue weighted by molar-refractivity contribution is 0.201. The molecule has 4 nitrogen and oxygen atoms in total. The molecule has 1 aliphatic rings. The first-order chi connectivity index (χ1) is 13.7. The summed E-state index contributed by atoms with van der Waals surface area (Å²) >= 11 is 1.80. The number of nitrogens with zero attached hydrogens (tertiary/aromatic N) is 1. The Bertz CT molecular complexity index is 1020. The van der Waals surface area contributed by atoms with Crippen LogP contribution in [0.5, 0.6) is 5.75 Å². The fourth-order valence-corrected chi connectivity index (χ4v) is 4.26. The zero-order chi connectivity index (χ0) is 19.3. The lowest BCUT2D eigenvalue weighted by atomic mass is 10.1. The van der Waals surface area contributed by atoms with Gasteiger partial charge in [0, 0.05) is 33.9 Å². The van der Waals surface area contributed by atoms with Gasteiger partial charge in [-0.25, -0.2) is 0 Å². The maximum Gasteiger partial charge on any atom is 0.124 e. The van der Waals surface area contributed by atoms with Crippen LogP contribution < -0.4 is 10.1 Å². The Morgan fingerprint density at radius 3 is 3.04 bits per heavy atom. The van der Waals surface area contributed by atoms with Crippen LogP contribution in [0.15, 0.2) is 59.0 Å². The molecule has 144 valence electrons. The number of hydrogen-bond donors (Lipinski definition) is 2. The van der Waals surface area contributed by atoms with Crippen LogP contribution >= 0.6 is 11.8 Å². The largest absolute Gasteiger partial charge is 0.491 e. The van der Waals surface area contributed by atoms with E-state index in [1.54, 1.807) is 11.8 Å². The van der Waals surface area contributed by atoms with E-state index in [-0.39, 0.29) is 13.2 Å². The number of aryl methyl sites for hydroxylation is 2. The molecule has 0 aliphatic carbocycles. The minimum absolute atomic E-state index is 0.00108. The van der Waals surface area contributed by atoms with Crippen LogP contribution in [0.4, 0.5) is 11.4 Å². The first-order valence-electron chi connectivity index (χ1n) is 9.59. The van der Waals surface area contributed by atoms with Crippen LogP contribution in [0.1, 0.15) is 24.0 Å². The van der Waals surface area contributed by atoms with Gasteiger partial charge in [0.05, 0.1) is 12.1 Å². The molecule has 0 amide bonds. The van der Waals surface area contributed by atoms with Crippen molar-refractivity contribution >= 4 is 34.0 Å². The van der Waals surface area contributed by atoms with Crippen LogP contribution in [0.25, 0.3) is 10.9 Å². The predicted molar refractivity (Wildman–Crippen MR) is 117 cm³/mol. The van der Waals surface area contributed by atoms with Crippen molar-refractivity contribution in [3.05, 3.63) is 65.2 Å². The quantitative estimate of drug-likeness (QED) is 0.592. The summed E-state index contributed by atoms with van der Waals surface area (Å²) in [6, 6.07) is 12.6. The summed E-state index contributed by atoms with van der Waals surface area (Å²) in [6.07, 6.45) is 7.48. The number of pyridine rings is 1. The molecule has 1 aliphatic heterocycles. The normalized spacial score (nSPS) is 14.8. The van der Waals surface area contributed by atoms with Gasteiger partial charge in [-0.1, -0.05) is 17.8 Å². The number of thioether (sulfide) groups is 1. The average molecular weight is 393 g/mol. The predicted octanol–water partition coefficient (Wildman–Crippen LogP) is 5.60. The van der Waals surface area contributed by atoms with Gasteiger partial charge in [0.25, 0.3) is 0 Å². The molecule has 1 aromatic heterocycles. The number of ether oxygens (including phenoxy) is 1. The molecule has 2 aromatic carbocycles. The molecular weight excluding hydrogens is 368 g/mol. The van der Waals surface area contributed by atoms with Crippen molar-refractivity contribution < 1.29 is 9.84 Å². The van der Waals surface area contributed by atoms with Crippen LogP contribution in [-0.2, 0) is 6.42 Å². The smallest absolute Gasteiger partial charge is 0.124 e. The number of aromatic nitrogens is 1. The van der Waals surface area contributed by atoms with Gasteiger partial charge in [-0.05, 0) is 73.1 Å². The molecular formula is C23H24N2O2S. The minimum atomic E-state index is -0.00108. The van der Waals surface area contributed by atoms with E-state index in [9.17, 15) is 0 Å². The number of anilines is 2. The Hall–Kier alpha value is -2.50. The highest BCUT2D eigenvalue weighted by Crippen LogP contribution is 2.33. The third-order valence-corrected chi connectivity index (χ3v) is 5.82. The number of fused-ring (bicyclic) bond motifs is 2. The second-order valence-corrected chi connectivity index (χ2v) is 7.84. The molecule has 0 atom stereocenters. The van der Waals surface area contributed by atoms with E-state index in [0.29, 0.717) is 0 Å². The van der Waals surface area contributed by atoms with E-state index in [0.717, 1.165) is 46.4 Å². The molecule has 4 rings (SSSR count). The summed E-state index contributed by atoms with van der Waals surface area (Å²) in [5.41, 5.74) is 5.41. The van der Waals surface area contributed by atoms with Crippen LogP contribution in [-0.4, -0.2) is 23.3 Å². The molecule has 0 bridgehead atoms. The van der Waals surface area contributed by atoms with Gasteiger partial charge < -0.3 is 15.2 Å². The molecule has 5 heteroatoms. The first kappa shape index (κ1) is 18.8. The van der Waals surface area contributed by atoms with Crippen molar-refractivity contribution in [2.75, 3.05) is 18.5 Å². The molecule has 2 heterocycles. The molecule has 0 spiro atoms. The van der Waals surface area contributed by atoms with Crippen molar-refractivity contribution in [3.8, 4) is 5.75 Å². The summed E-state index contributed by atoms with van der Waals surface area (Å²) in [5, 5.41) is 15.8. The Morgan fingerprint density at radius 2 is 2.14 bits per heavy atom. The van der Waals surface area contributed by atoms with E-state index >= 15 is 0 Å². The zero-order valence-electron chi connectivity index (χ0n) is 15.9. The van der Waals surface area contributed by atoms with Crippen LogP contribution in [0.2, 0.25) is 0 Å². The summed E-state index contributed by atoms with van der Waals surface area (Å²) < 4.78 is 5.62. The Balaban J connectivity index is 1.65. The fourth-order valence-electron chi connectivity index (χ4n) is 3.42. The van der Waals surface area contributed by atoms with Crippen LogP contribution in [0, 0.1) is 6.92 Å². The monoisotopic (exact) mass is 392 g/mol. The van der Waals surface area contributed by atoms with Crippen molar-refractivity contribution in [1.29, 1.82) is 0 Å². The number of aliphatic hydroxyl groups is 1. The number of nitrogens with one attached hydrogen (secondary N) is 1. The van der Waals surface area contributed by atoms with Gasteiger partial charge in [0.2, 0.25) is 0 Å². The number of hydrogen-bond acceptors (Lipinski definition) is 5. The SMILES string of the molecule is Cc1cc2c(Nc3ccc4c(c3)CCC/C=C/S4)ccnc2cc1OCCO.